The van der Waals surface area contributed by atoms with Crippen molar-refractivity contribution in [2.45, 2.75) is 33.0 Å². The average Bonchev–Trinajstić information content (AvgIpc) is 3.02. The maximum Gasteiger partial charge on any atom is 0.114 e. The summed E-state index contributed by atoms with van der Waals surface area (Å²) in [5, 5.41) is 4.62. The molecule has 1 N–H and O–H groups in total. The van der Waals surface area contributed by atoms with Crippen LogP contribution in [-0.4, -0.2) is 15.6 Å². The van der Waals surface area contributed by atoms with E-state index < -0.39 is 0 Å². The normalized spacial score (nSPS) is 11.6. The van der Waals surface area contributed by atoms with Crippen LogP contribution in [0.5, 0.6) is 0 Å². The van der Waals surface area contributed by atoms with Crippen molar-refractivity contribution in [3.8, 4) is 0 Å². The first-order valence-corrected chi connectivity index (χ1v) is 7.76. The highest BCUT2D eigenvalue weighted by atomic mass is 32.1. The fraction of sp³-hybridized carbons (Fsp3) is 0.312. The second kappa shape index (κ2) is 5.77. The molecule has 0 saturated carbocycles. The largest absolute Gasteiger partial charge is 0.343 e. The topological polar surface area (TPSA) is 29.9 Å². The molecule has 0 aliphatic carbocycles. The molecule has 2 heterocycles. The van der Waals surface area contributed by atoms with E-state index in [4.69, 9.17) is 4.98 Å². The van der Waals surface area contributed by atoms with Crippen LogP contribution in [0.15, 0.2) is 42.6 Å². The molecule has 3 rings (SSSR count). The Morgan fingerprint density at radius 2 is 2.05 bits per heavy atom. The van der Waals surface area contributed by atoms with Gasteiger partial charge in [-0.2, -0.15) is 0 Å². The van der Waals surface area contributed by atoms with Gasteiger partial charge in [-0.15, -0.1) is 11.3 Å². The predicted octanol–water partition coefficient (Wildman–Crippen LogP) is 3.64. The van der Waals surface area contributed by atoms with Crippen LogP contribution in [0.1, 0.15) is 24.5 Å². The average molecular weight is 285 g/mol. The number of thiazole rings is 1. The van der Waals surface area contributed by atoms with Crippen molar-refractivity contribution >= 4 is 21.6 Å². The lowest BCUT2D eigenvalue weighted by Crippen LogP contribution is -2.23. The second-order valence-electron chi connectivity index (χ2n) is 5.24. The summed E-state index contributed by atoms with van der Waals surface area (Å²) in [6.45, 7) is 6.08. The maximum atomic E-state index is 4.70. The lowest BCUT2D eigenvalue weighted by molar-refractivity contribution is 0.564. The minimum atomic E-state index is 0.501. The van der Waals surface area contributed by atoms with E-state index in [2.05, 4.69) is 60.3 Å². The summed E-state index contributed by atoms with van der Waals surface area (Å²) in [5.41, 5.74) is 2.40. The summed E-state index contributed by atoms with van der Waals surface area (Å²) in [7, 11) is 0. The molecular formula is C16H19N3S. The Bertz CT molecular complexity index is 663. The minimum Gasteiger partial charge on any atom is -0.343 e. The third kappa shape index (κ3) is 2.92. The van der Waals surface area contributed by atoms with Crippen LogP contribution in [0.4, 0.5) is 0 Å². The molecule has 0 saturated heterocycles. The monoisotopic (exact) mass is 285 g/mol. The van der Waals surface area contributed by atoms with Crippen LogP contribution >= 0.6 is 11.3 Å². The molecule has 0 aliphatic heterocycles. The van der Waals surface area contributed by atoms with Crippen LogP contribution in [0.3, 0.4) is 0 Å². The van der Waals surface area contributed by atoms with Gasteiger partial charge in [-0.1, -0.05) is 26.0 Å². The quantitative estimate of drug-likeness (QED) is 0.775. The SMILES string of the molecule is CC(C)NCc1cccn1Cc1nc2ccccc2s1. The van der Waals surface area contributed by atoms with E-state index in [9.17, 15) is 0 Å². The van der Waals surface area contributed by atoms with Gasteiger partial charge in [0, 0.05) is 24.5 Å². The number of nitrogens with one attached hydrogen (secondary N) is 1. The van der Waals surface area contributed by atoms with Crippen LogP contribution in [-0.2, 0) is 13.1 Å². The number of fused-ring (bicyclic) bond motifs is 1. The van der Waals surface area contributed by atoms with Crippen molar-refractivity contribution in [3.63, 3.8) is 0 Å². The summed E-state index contributed by atoms with van der Waals surface area (Å²) >= 11 is 1.78. The Balaban J connectivity index is 1.78. The van der Waals surface area contributed by atoms with Crippen LogP contribution in [0.25, 0.3) is 10.2 Å². The zero-order chi connectivity index (χ0) is 13.9. The third-order valence-electron chi connectivity index (χ3n) is 3.26. The van der Waals surface area contributed by atoms with Crippen LogP contribution in [0, 0.1) is 0 Å². The highest BCUT2D eigenvalue weighted by Crippen LogP contribution is 2.22. The van der Waals surface area contributed by atoms with Gasteiger partial charge in [0.2, 0.25) is 0 Å². The van der Waals surface area contributed by atoms with Crippen molar-refractivity contribution < 1.29 is 0 Å². The zero-order valence-electron chi connectivity index (χ0n) is 11.8. The molecule has 104 valence electrons. The van der Waals surface area contributed by atoms with Crippen LogP contribution < -0.4 is 5.32 Å². The lowest BCUT2D eigenvalue weighted by Gasteiger charge is -2.11. The van der Waals surface area contributed by atoms with E-state index in [-0.39, 0.29) is 0 Å². The summed E-state index contributed by atoms with van der Waals surface area (Å²) in [5.74, 6) is 0. The van der Waals surface area contributed by atoms with Gasteiger partial charge in [0.15, 0.2) is 0 Å². The number of aromatic nitrogens is 2. The predicted molar refractivity (Wildman–Crippen MR) is 85.1 cm³/mol. The van der Waals surface area contributed by atoms with Gasteiger partial charge < -0.3 is 9.88 Å². The highest BCUT2D eigenvalue weighted by Gasteiger charge is 2.07. The Labute approximate surface area is 123 Å². The fourth-order valence-corrected chi connectivity index (χ4v) is 3.17. The smallest absolute Gasteiger partial charge is 0.114 e. The molecule has 20 heavy (non-hydrogen) atoms. The Hall–Kier alpha value is -1.65. The molecule has 0 radical (unpaired) electrons. The van der Waals surface area contributed by atoms with Gasteiger partial charge in [-0.05, 0) is 24.3 Å². The number of benzene rings is 1. The highest BCUT2D eigenvalue weighted by molar-refractivity contribution is 7.18. The van der Waals surface area contributed by atoms with Crippen molar-refractivity contribution in [1.29, 1.82) is 0 Å². The van der Waals surface area contributed by atoms with Gasteiger partial charge in [-0.25, -0.2) is 4.98 Å². The molecule has 0 atom stereocenters. The molecule has 0 spiro atoms. The number of hydrogen-bond acceptors (Lipinski definition) is 3. The molecule has 0 unspecified atom stereocenters. The van der Waals surface area contributed by atoms with E-state index in [1.54, 1.807) is 11.3 Å². The van der Waals surface area contributed by atoms with Crippen molar-refractivity contribution in [2.24, 2.45) is 0 Å². The molecule has 3 nitrogen and oxygen atoms in total. The van der Waals surface area contributed by atoms with Gasteiger partial charge in [0.1, 0.15) is 5.01 Å². The van der Waals surface area contributed by atoms with Crippen LogP contribution in [0.2, 0.25) is 0 Å². The van der Waals surface area contributed by atoms with E-state index in [0.29, 0.717) is 6.04 Å². The molecule has 0 fully saturated rings. The first kappa shape index (κ1) is 13.3. The first-order chi connectivity index (χ1) is 9.72. The molecule has 0 aliphatic rings. The lowest BCUT2D eigenvalue weighted by atomic mass is 10.3. The maximum absolute atomic E-state index is 4.70. The molecule has 1 aromatic carbocycles. The number of nitrogens with zero attached hydrogens (tertiary/aromatic N) is 2. The molecule has 4 heteroatoms. The van der Waals surface area contributed by atoms with E-state index in [1.165, 1.54) is 10.4 Å². The van der Waals surface area contributed by atoms with Gasteiger partial charge in [0.05, 0.1) is 16.8 Å². The first-order valence-electron chi connectivity index (χ1n) is 6.94. The molecule has 0 bridgehead atoms. The van der Waals surface area contributed by atoms with Gasteiger partial charge in [0.25, 0.3) is 0 Å². The standard InChI is InChI=1S/C16H19N3S/c1-12(2)17-10-13-6-5-9-19(13)11-16-18-14-7-3-4-8-15(14)20-16/h3-9,12,17H,10-11H2,1-2H3. The molecular weight excluding hydrogens is 266 g/mol. The number of hydrogen-bond donors (Lipinski definition) is 1. The van der Waals surface area contributed by atoms with Crippen molar-refractivity contribution in [1.82, 2.24) is 14.9 Å². The summed E-state index contributed by atoms with van der Waals surface area (Å²) in [4.78, 5) is 4.70. The Morgan fingerprint density at radius 1 is 1.20 bits per heavy atom. The second-order valence-corrected chi connectivity index (χ2v) is 6.35. The van der Waals surface area contributed by atoms with E-state index in [0.717, 1.165) is 23.6 Å². The van der Waals surface area contributed by atoms with Crippen molar-refractivity contribution in [3.05, 3.63) is 53.3 Å². The minimum absolute atomic E-state index is 0.501. The van der Waals surface area contributed by atoms with Crippen molar-refractivity contribution in [2.75, 3.05) is 0 Å². The Morgan fingerprint density at radius 3 is 2.85 bits per heavy atom. The molecule has 3 aromatic rings. The molecule has 2 aromatic heterocycles. The van der Waals surface area contributed by atoms with Gasteiger partial charge >= 0.3 is 0 Å². The number of para-hydroxylation sites is 1. The van der Waals surface area contributed by atoms with E-state index in [1.807, 2.05) is 6.07 Å². The summed E-state index contributed by atoms with van der Waals surface area (Å²) in [6, 6.07) is 13.1. The van der Waals surface area contributed by atoms with E-state index >= 15 is 0 Å². The third-order valence-corrected chi connectivity index (χ3v) is 4.28. The van der Waals surface area contributed by atoms with Gasteiger partial charge in [-0.3, -0.25) is 0 Å². The Kier molecular flexibility index (Phi) is 3.85. The number of rotatable bonds is 5. The zero-order valence-corrected chi connectivity index (χ0v) is 12.7. The summed E-state index contributed by atoms with van der Waals surface area (Å²) in [6.07, 6.45) is 2.13. The fourth-order valence-electron chi connectivity index (χ4n) is 2.21. The molecule has 0 amide bonds. The summed E-state index contributed by atoms with van der Waals surface area (Å²) < 4.78 is 3.53.